The van der Waals surface area contributed by atoms with Crippen molar-refractivity contribution in [2.75, 3.05) is 13.7 Å². The second kappa shape index (κ2) is 5.79. The normalized spacial score (nSPS) is 27.0. The van der Waals surface area contributed by atoms with Crippen molar-refractivity contribution >= 4 is 22.8 Å². The molecule has 0 unspecified atom stereocenters. The molecule has 0 radical (unpaired) electrons. The quantitative estimate of drug-likeness (QED) is 0.742. The Kier molecular flexibility index (Phi) is 3.52. The molecule has 2 fully saturated rings. The average Bonchev–Trinajstić information content (AvgIpc) is 3.04. The van der Waals surface area contributed by atoms with Gasteiger partial charge >= 0.3 is 5.97 Å². The van der Waals surface area contributed by atoms with Crippen LogP contribution in [0.1, 0.15) is 53.2 Å². The number of nitrogens with zero attached hydrogens (tertiary/aromatic N) is 2. The van der Waals surface area contributed by atoms with Crippen molar-refractivity contribution in [3.8, 4) is 0 Å². The molecule has 2 aromatic rings. The van der Waals surface area contributed by atoms with Crippen molar-refractivity contribution in [2.24, 2.45) is 5.92 Å². The van der Waals surface area contributed by atoms with Crippen LogP contribution in [0.25, 0.3) is 10.9 Å². The fourth-order valence-electron chi connectivity index (χ4n) is 5.29. The molecule has 134 valence electrons. The Morgan fingerprint density at radius 1 is 1.27 bits per heavy atom. The molecular formula is C21H22N2O3. The first kappa shape index (κ1) is 15.8. The van der Waals surface area contributed by atoms with E-state index in [-0.39, 0.29) is 5.97 Å². The third-order valence-corrected chi connectivity index (χ3v) is 6.43. The minimum absolute atomic E-state index is 0.324. The third kappa shape index (κ3) is 2.26. The monoisotopic (exact) mass is 350 g/mol. The Morgan fingerprint density at radius 2 is 2.15 bits per heavy atom. The van der Waals surface area contributed by atoms with Crippen molar-refractivity contribution in [3.63, 3.8) is 0 Å². The van der Waals surface area contributed by atoms with E-state index >= 15 is 0 Å². The lowest BCUT2D eigenvalue weighted by Crippen LogP contribution is -2.43. The second-order valence-electron chi connectivity index (χ2n) is 7.75. The van der Waals surface area contributed by atoms with Crippen LogP contribution >= 0.6 is 0 Å². The summed E-state index contributed by atoms with van der Waals surface area (Å²) < 4.78 is 4.84. The van der Waals surface area contributed by atoms with Gasteiger partial charge in [0, 0.05) is 36.0 Å². The lowest BCUT2D eigenvalue weighted by molar-refractivity contribution is -0.132. The van der Waals surface area contributed by atoms with Gasteiger partial charge in [0.15, 0.2) is 0 Å². The molecule has 2 saturated heterocycles. The van der Waals surface area contributed by atoms with Crippen LogP contribution in [0.15, 0.2) is 24.3 Å². The number of benzene rings is 1. The Labute approximate surface area is 152 Å². The summed E-state index contributed by atoms with van der Waals surface area (Å²) in [7, 11) is 1.40. The van der Waals surface area contributed by atoms with Crippen LogP contribution in [0.2, 0.25) is 0 Å². The summed E-state index contributed by atoms with van der Waals surface area (Å²) in [6, 6.07) is 8.09. The molecule has 0 N–H and O–H groups in total. The highest BCUT2D eigenvalue weighted by Crippen LogP contribution is 2.47. The highest BCUT2D eigenvalue weighted by Gasteiger charge is 2.47. The fraction of sp³-hybridized carbons (Fsp3) is 0.476. The number of esters is 1. The maximum atomic E-state index is 12.5. The van der Waals surface area contributed by atoms with Gasteiger partial charge in [0.05, 0.1) is 18.2 Å². The number of ether oxygens (including phenoxy) is 1. The molecule has 3 heterocycles. The topological polar surface area (TPSA) is 59.5 Å². The number of pyridine rings is 1. The largest absolute Gasteiger partial charge is 0.465 e. The molecule has 0 bridgehead atoms. The van der Waals surface area contributed by atoms with E-state index in [1.165, 1.54) is 18.4 Å². The first-order chi connectivity index (χ1) is 12.7. The average molecular weight is 350 g/mol. The van der Waals surface area contributed by atoms with E-state index in [0.717, 1.165) is 43.1 Å². The number of fused-ring (bicyclic) bond motifs is 3. The van der Waals surface area contributed by atoms with Gasteiger partial charge in [0.2, 0.25) is 5.91 Å². The first-order valence-electron chi connectivity index (χ1n) is 9.47. The maximum Gasteiger partial charge on any atom is 0.337 e. The van der Waals surface area contributed by atoms with Crippen molar-refractivity contribution < 1.29 is 14.3 Å². The molecule has 1 aromatic heterocycles. The van der Waals surface area contributed by atoms with Gasteiger partial charge < -0.3 is 9.64 Å². The summed E-state index contributed by atoms with van der Waals surface area (Å²) in [5.41, 5.74) is 3.94. The zero-order valence-corrected chi connectivity index (χ0v) is 14.9. The zero-order chi connectivity index (χ0) is 17.8. The summed E-state index contributed by atoms with van der Waals surface area (Å²) >= 11 is 0. The lowest BCUT2D eigenvalue weighted by Gasteiger charge is -2.38. The van der Waals surface area contributed by atoms with E-state index in [0.29, 0.717) is 35.8 Å². The van der Waals surface area contributed by atoms with Crippen LogP contribution < -0.4 is 0 Å². The smallest absolute Gasteiger partial charge is 0.337 e. The molecule has 26 heavy (non-hydrogen) atoms. The van der Waals surface area contributed by atoms with Crippen LogP contribution in [0.3, 0.4) is 0 Å². The molecule has 5 nitrogen and oxygen atoms in total. The predicted octanol–water partition coefficient (Wildman–Crippen LogP) is 3.06. The van der Waals surface area contributed by atoms with E-state index in [9.17, 15) is 9.59 Å². The van der Waals surface area contributed by atoms with Crippen molar-refractivity contribution in [1.29, 1.82) is 0 Å². The van der Waals surface area contributed by atoms with Gasteiger partial charge in [-0.2, -0.15) is 0 Å². The number of hydrogen-bond donors (Lipinski definition) is 0. The molecular weight excluding hydrogens is 328 g/mol. The van der Waals surface area contributed by atoms with E-state index in [2.05, 4.69) is 11.0 Å². The summed E-state index contributed by atoms with van der Waals surface area (Å²) in [6.07, 6.45) is 4.77. The summed E-state index contributed by atoms with van der Waals surface area (Å²) in [5, 5.41) is 0.975. The molecule has 3 aliphatic rings. The summed E-state index contributed by atoms with van der Waals surface area (Å²) in [6.45, 7) is 0.865. The summed E-state index contributed by atoms with van der Waals surface area (Å²) in [5.74, 6) is 0.904. The van der Waals surface area contributed by atoms with Crippen LogP contribution in [0, 0.1) is 5.92 Å². The van der Waals surface area contributed by atoms with E-state index in [4.69, 9.17) is 9.72 Å². The number of methoxy groups -OCH3 is 1. The molecule has 5 rings (SSSR count). The number of carbonyl (C=O) groups excluding carboxylic acids is 2. The number of hydrogen-bond acceptors (Lipinski definition) is 4. The van der Waals surface area contributed by atoms with Crippen molar-refractivity contribution in [2.45, 2.75) is 44.1 Å². The highest BCUT2D eigenvalue weighted by atomic mass is 16.5. The van der Waals surface area contributed by atoms with Gasteiger partial charge in [0.25, 0.3) is 0 Å². The molecule has 3 atom stereocenters. The van der Waals surface area contributed by atoms with Gasteiger partial charge in [0.1, 0.15) is 0 Å². The minimum Gasteiger partial charge on any atom is -0.465 e. The molecule has 5 heteroatoms. The molecule has 0 saturated carbocycles. The zero-order valence-electron chi connectivity index (χ0n) is 14.9. The van der Waals surface area contributed by atoms with Gasteiger partial charge in [-0.25, -0.2) is 4.79 Å². The molecule has 2 aliphatic heterocycles. The van der Waals surface area contributed by atoms with E-state index in [1.54, 1.807) is 6.07 Å². The van der Waals surface area contributed by atoms with Gasteiger partial charge in [-0.1, -0.05) is 0 Å². The second-order valence-corrected chi connectivity index (χ2v) is 7.75. The number of rotatable bonds is 1. The Hall–Kier alpha value is -2.43. The van der Waals surface area contributed by atoms with Crippen LogP contribution in [0.5, 0.6) is 0 Å². The standard InChI is InChI=1S/C21H22N2O3/c1-26-21(25)13-5-6-17-14(9-13)10-16-15-7-8-23-19(24)4-2-3-12(20(15)23)11-18(16)22-17/h5-6,9-10,12,15,20H,2-4,7-8,11H2,1H3/t12-,15+,20-/m1/s1. The minimum atomic E-state index is -0.328. The van der Waals surface area contributed by atoms with Gasteiger partial charge in [-0.15, -0.1) is 0 Å². The van der Waals surface area contributed by atoms with Crippen molar-refractivity contribution in [3.05, 3.63) is 41.1 Å². The predicted molar refractivity (Wildman–Crippen MR) is 97.0 cm³/mol. The molecule has 1 amide bonds. The molecule has 0 spiro atoms. The third-order valence-electron chi connectivity index (χ3n) is 6.43. The lowest BCUT2D eigenvalue weighted by atomic mass is 9.74. The van der Waals surface area contributed by atoms with E-state index < -0.39 is 0 Å². The molecule has 1 aliphatic carbocycles. The number of aromatic nitrogens is 1. The van der Waals surface area contributed by atoms with Crippen LogP contribution in [-0.4, -0.2) is 41.5 Å². The van der Waals surface area contributed by atoms with Crippen LogP contribution in [-0.2, 0) is 16.0 Å². The summed E-state index contributed by atoms with van der Waals surface area (Å²) in [4.78, 5) is 31.4. The van der Waals surface area contributed by atoms with Crippen molar-refractivity contribution in [1.82, 2.24) is 9.88 Å². The SMILES string of the molecule is COC(=O)c1ccc2nc3c(cc2c1)[C@@H]1CCN2C(=O)CCC[C@H](C3)[C@H]12. The number of carbonyl (C=O) groups is 2. The Balaban J connectivity index is 1.62. The number of amides is 1. The Morgan fingerprint density at radius 3 is 3.00 bits per heavy atom. The molecule has 1 aromatic carbocycles. The first-order valence-corrected chi connectivity index (χ1v) is 9.47. The fourth-order valence-corrected chi connectivity index (χ4v) is 5.29. The Bertz CT molecular complexity index is 923. The van der Waals surface area contributed by atoms with Gasteiger partial charge in [-0.05, 0) is 61.4 Å². The highest BCUT2D eigenvalue weighted by molar-refractivity contribution is 5.94. The van der Waals surface area contributed by atoms with E-state index in [1.807, 2.05) is 12.1 Å². The maximum absolute atomic E-state index is 12.5. The van der Waals surface area contributed by atoms with Gasteiger partial charge in [-0.3, -0.25) is 9.78 Å². The van der Waals surface area contributed by atoms with Crippen LogP contribution in [0.4, 0.5) is 0 Å².